The smallest absolute Gasteiger partial charge is 0.368 e. The van der Waals surface area contributed by atoms with Crippen molar-refractivity contribution in [1.82, 2.24) is 19.4 Å². The first-order valence-corrected chi connectivity index (χ1v) is 14.0. The van der Waals surface area contributed by atoms with E-state index in [1.165, 1.54) is 48.9 Å². The lowest BCUT2D eigenvalue weighted by Crippen LogP contribution is -2.29. The molecule has 0 spiro atoms. The van der Waals surface area contributed by atoms with Gasteiger partial charge in [-0.25, -0.2) is 13.8 Å². The lowest BCUT2D eigenvalue weighted by atomic mass is 9.95. The molecule has 0 amide bonds. The summed E-state index contributed by atoms with van der Waals surface area (Å²) < 4.78 is 69.3. The summed E-state index contributed by atoms with van der Waals surface area (Å²) in [7, 11) is 4.38. The van der Waals surface area contributed by atoms with Crippen molar-refractivity contribution in [2.24, 2.45) is 0 Å². The van der Waals surface area contributed by atoms with Crippen LogP contribution in [0.25, 0.3) is 22.2 Å². The normalized spacial score (nSPS) is 14.5. The fourth-order valence-corrected chi connectivity index (χ4v) is 5.31. The van der Waals surface area contributed by atoms with Gasteiger partial charge in [-0.1, -0.05) is 31.2 Å². The van der Waals surface area contributed by atoms with Crippen LogP contribution in [-0.4, -0.2) is 51.5 Å². The van der Waals surface area contributed by atoms with Crippen LogP contribution in [0.3, 0.4) is 0 Å². The summed E-state index contributed by atoms with van der Waals surface area (Å²) in [6, 6.07) is 3.86. The molecule has 1 aliphatic rings. The average molecular weight is 587 g/mol. The Morgan fingerprint density at radius 3 is 2.27 bits per heavy atom. The molecular formula is C27H35F5N6OS. The van der Waals surface area contributed by atoms with E-state index in [1.54, 1.807) is 13.8 Å². The number of aromatic nitrogens is 3. The van der Waals surface area contributed by atoms with Crippen molar-refractivity contribution in [2.45, 2.75) is 70.6 Å². The SMILES string of the molecule is CC(C)n1c(=O)c(-c2cc(F)c(NSCCC(F)(F)F)c(F)c2)cc2cnc(N)nc21.CN(C)C1CCCCC1. The Bertz CT molecular complexity index is 1330. The zero-order valence-electron chi connectivity index (χ0n) is 23.0. The van der Waals surface area contributed by atoms with Crippen molar-refractivity contribution >= 4 is 34.6 Å². The summed E-state index contributed by atoms with van der Waals surface area (Å²) in [6.07, 6.45) is 3.14. The summed E-state index contributed by atoms with van der Waals surface area (Å²) in [4.78, 5) is 23.4. The molecule has 0 aliphatic heterocycles. The second kappa shape index (κ2) is 13.6. The Morgan fingerprint density at radius 1 is 1.12 bits per heavy atom. The van der Waals surface area contributed by atoms with Gasteiger partial charge in [-0.3, -0.25) is 9.36 Å². The number of hydrogen-bond donors (Lipinski definition) is 2. The first-order chi connectivity index (χ1) is 18.8. The van der Waals surface area contributed by atoms with Gasteiger partial charge in [0.2, 0.25) is 5.95 Å². The van der Waals surface area contributed by atoms with E-state index in [0.717, 1.165) is 18.2 Å². The van der Waals surface area contributed by atoms with Gasteiger partial charge >= 0.3 is 6.18 Å². The van der Waals surface area contributed by atoms with Crippen LogP contribution in [0.4, 0.5) is 33.6 Å². The summed E-state index contributed by atoms with van der Waals surface area (Å²) in [5.74, 6) is -2.53. The maximum atomic E-state index is 14.5. The molecule has 0 radical (unpaired) electrons. The van der Waals surface area contributed by atoms with Gasteiger partial charge in [0, 0.05) is 35.0 Å². The van der Waals surface area contributed by atoms with Crippen LogP contribution in [0, 0.1) is 11.6 Å². The molecule has 13 heteroatoms. The molecule has 0 bridgehead atoms. The highest BCUT2D eigenvalue weighted by molar-refractivity contribution is 8.00. The summed E-state index contributed by atoms with van der Waals surface area (Å²) in [5, 5.41) is 0.447. The number of hydrogen-bond acceptors (Lipinski definition) is 7. The maximum Gasteiger partial charge on any atom is 0.389 e. The van der Waals surface area contributed by atoms with Crippen LogP contribution < -0.4 is 16.0 Å². The molecule has 1 fully saturated rings. The van der Waals surface area contributed by atoms with Crippen molar-refractivity contribution in [3.8, 4) is 11.1 Å². The molecule has 0 unspecified atom stereocenters. The van der Waals surface area contributed by atoms with Crippen LogP contribution >= 0.6 is 11.9 Å². The molecule has 7 nitrogen and oxygen atoms in total. The molecule has 220 valence electrons. The largest absolute Gasteiger partial charge is 0.389 e. The zero-order valence-corrected chi connectivity index (χ0v) is 23.8. The lowest BCUT2D eigenvalue weighted by molar-refractivity contribution is -0.129. The summed E-state index contributed by atoms with van der Waals surface area (Å²) >= 11 is 0.532. The van der Waals surface area contributed by atoms with Gasteiger partial charge in [0.1, 0.15) is 11.3 Å². The third kappa shape index (κ3) is 8.29. The molecule has 40 heavy (non-hydrogen) atoms. The maximum absolute atomic E-state index is 14.5. The molecule has 3 aromatic rings. The van der Waals surface area contributed by atoms with Gasteiger partial charge in [-0.15, -0.1) is 0 Å². The van der Waals surface area contributed by atoms with E-state index in [-0.39, 0.29) is 28.8 Å². The molecule has 0 saturated heterocycles. The first kappa shape index (κ1) is 31.6. The summed E-state index contributed by atoms with van der Waals surface area (Å²) in [5.41, 5.74) is 4.78. The van der Waals surface area contributed by atoms with Gasteiger partial charge in [0.15, 0.2) is 11.6 Å². The average Bonchev–Trinajstić information content (AvgIpc) is 2.87. The third-order valence-electron chi connectivity index (χ3n) is 6.63. The molecular weight excluding hydrogens is 551 g/mol. The van der Waals surface area contributed by atoms with E-state index in [2.05, 4.69) is 33.7 Å². The fraction of sp³-hybridized carbons (Fsp3) is 0.519. The van der Waals surface area contributed by atoms with E-state index in [0.29, 0.717) is 17.3 Å². The van der Waals surface area contributed by atoms with Crippen molar-refractivity contribution in [3.63, 3.8) is 0 Å². The van der Waals surface area contributed by atoms with Gasteiger partial charge in [-0.05, 0) is 64.5 Å². The molecule has 1 saturated carbocycles. The van der Waals surface area contributed by atoms with Crippen molar-refractivity contribution < 1.29 is 22.0 Å². The number of fused-ring (bicyclic) bond motifs is 1. The first-order valence-electron chi connectivity index (χ1n) is 13.1. The second-order valence-electron chi connectivity index (χ2n) is 10.2. The van der Waals surface area contributed by atoms with Crippen LogP contribution in [0.2, 0.25) is 0 Å². The monoisotopic (exact) mass is 586 g/mol. The molecule has 1 aromatic carbocycles. The van der Waals surface area contributed by atoms with E-state index in [4.69, 9.17) is 5.73 Å². The van der Waals surface area contributed by atoms with Crippen molar-refractivity contribution in [3.05, 3.63) is 46.4 Å². The molecule has 2 heterocycles. The van der Waals surface area contributed by atoms with Crippen molar-refractivity contribution in [1.29, 1.82) is 0 Å². The standard InChI is InChI=1S/C19H18F5N5OS.C8H17N/c1-9(2)29-16-11(8-26-18(25)27-16)5-12(17(29)30)10-6-13(20)15(14(21)7-10)28-31-4-3-19(22,23)24;1-9(2)8-6-4-3-5-7-8/h5-9,28H,3-4H2,1-2H3,(H2,25,26,27);8H,3-7H2,1-2H3. The number of anilines is 2. The number of benzene rings is 1. The van der Waals surface area contributed by atoms with Crippen LogP contribution in [0.5, 0.6) is 0 Å². The number of alkyl halides is 3. The number of nitrogen functional groups attached to an aromatic ring is 1. The van der Waals surface area contributed by atoms with Gasteiger partial charge < -0.3 is 15.4 Å². The highest BCUT2D eigenvalue weighted by Gasteiger charge is 2.26. The van der Waals surface area contributed by atoms with E-state index in [9.17, 15) is 26.7 Å². The fourth-order valence-electron chi connectivity index (χ4n) is 4.53. The molecule has 1 aliphatic carbocycles. The Kier molecular flexibility index (Phi) is 10.8. The minimum Gasteiger partial charge on any atom is -0.368 e. The third-order valence-corrected chi connectivity index (χ3v) is 7.38. The predicted molar refractivity (Wildman–Crippen MR) is 151 cm³/mol. The number of nitrogens with one attached hydrogen (secondary N) is 1. The Hall–Kier alpha value is -2.93. The number of nitrogens with zero attached hydrogens (tertiary/aromatic N) is 4. The van der Waals surface area contributed by atoms with E-state index in [1.807, 2.05) is 0 Å². The van der Waals surface area contributed by atoms with E-state index < -0.39 is 41.2 Å². The number of rotatable bonds is 7. The number of halogens is 5. The van der Waals surface area contributed by atoms with Gasteiger partial charge in [0.25, 0.3) is 5.56 Å². The summed E-state index contributed by atoms with van der Waals surface area (Å²) in [6.45, 7) is 3.49. The minimum absolute atomic E-state index is 0.0173. The van der Waals surface area contributed by atoms with Crippen LogP contribution in [0.1, 0.15) is 58.4 Å². The van der Waals surface area contributed by atoms with Gasteiger partial charge in [0.05, 0.1) is 6.42 Å². The Morgan fingerprint density at radius 2 is 1.75 bits per heavy atom. The molecule has 4 rings (SSSR count). The van der Waals surface area contributed by atoms with Crippen molar-refractivity contribution in [2.75, 3.05) is 30.3 Å². The Labute approximate surface area is 234 Å². The molecule has 2 aromatic heterocycles. The Balaban J connectivity index is 0.000000415. The zero-order chi connectivity index (χ0) is 29.6. The predicted octanol–water partition coefficient (Wildman–Crippen LogP) is 6.79. The van der Waals surface area contributed by atoms with E-state index >= 15 is 0 Å². The van der Waals surface area contributed by atoms with Crippen LogP contribution in [0.15, 0.2) is 29.2 Å². The highest BCUT2D eigenvalue weighted by atomic mass is 32.2. The second-order valence-corrected chi connectivity index (χ2v) is 11.1. The molecule has 3 N–H and O–H groups in total. The lowest BCUT2D eigenvalue weighted by Gasteiger charge is -2.27. The topological polar surface area (TPSA) is 89.1 Å². The van der Waals surface area contributed by atoms with Gasteiger partial charge in [-0.2, -0.15) is 18.2 Å². The minimum atomic E-state index is -4.36. The van der Waals surface area contributed by atoms with Crippen LogP contribution in [-0.2, 0) is 0 Å². The molecule has 0 atom stereocenters. The number of nitrogens with two attached hydrogens (primary N) is 1. The highest BCUT2D eigenvalue weighted by Crippen LogP contribution is 2.30. The quantitative estimate of drug-likeness (QED) is 0.179. The number of pyridine rings is 1.